The Morgan fingerprint density at radius 3 is 2.37 bits per heavy atom. The molecule has 0 aliphatic rings. The Balaban J connectivity index is 0.00000324. The molecule has 1 aromatic carbocycles. The predicted octanol–water partition coefficient (Wildman–Crippen LogP) is 1.17. The summed E-state index contributed by atoms with van der Waals surface area (Å²) in [4.78, 5) is 0. The monoisotopic (exact) mass is 490 g/mol. The Morgan fingerprint density at radius 2 is 1.84 bits per heavy atom. The van der Waals surface area contributed by atoms with Crippen molar-refractivity contribution in [3.8, 4) is 0 Å². The summed E-state index contributed by atoms with van der Waals surface area (Å²) in [6.45, 7) is 3.44. The van der Waals surface area contributed by atoms with Gasteiger partial charge in [0.15, 0.2) is 0 Å². The fourth-order valence-corrected chi connectivity index (χ4v) is 1.35. The molecule has 0 aliphatic carbocycles. The number of ether oxygens (including phenoxy) is 2. The zero-order chi connectivity index (χ0) is 13.4. The van der Waals surface area contributed by atoms with Gasteiger partial charge in [0.2, 0.25) is 0 Å². The van der Waals surface area contributed by atoms with E-state index in [2.05, 4.69) is 0 Å². The molecule has 4 nitrogen and oxygen atoms in total. The van der Waals surface area contributed by atoms with Crippen molar-refractivity contribution in [3.63, 3.8) is 0 Å². The molecule has 104 valence electrons. The maximum atomic E-state index is 9.49. The molecule has 0 bridgehead atoms. The normalized spacial score (nSPS) is 15.2. The minimum atomic E-state index is -0.921. The first-order chi connectivity index (χ1) is 8.63. The number of aliphatic hydroxyl groups is 2. The molecule has 0 saturated heterocycles. The standard InChI is InChI=1S/C14H20O4.U/c1-11(15)14(16)8-13(17-2)10-18-9-12-6-4-3-5-7-12;/h3-9,11,13-16H,10H2,1-2H3;/q-2;+2/t11-,13?,14?;/m1./s1. The van der Waals surface area contributed by atoms with Crippen molar-refractivity contribution in [2.75, 3.05) is 13.7 Å². The second kappa shape index (κ2) is 10.7. The molecule has 0 aromatic heterocycles. The van der Waals surface area contributed by atoms with E-state index >= 15 is 0 Å². The van der Waals surface area contributed by atoms with Crippen LogP contribution in [-0.2, 0) is 9.47 Å². The van der Waals surface area contributed by atoms with Crippen molar-refractivity contribution in [3.05, 3.63) is 48.9 Å². The number of methoxy groups -OCH3 is 1. The van der Waals surface area contributed by atoms with Gasteiger partial charge in [-0.15, -0.1) is 12.1 Å². The molecule has 0 aliphatic heterocycles. The van der Waals surface area contributed by atoms with Crippen LogP contribution in [0.2, 0.25) is 0 Å². The van der Waals surface area contributed by atoms with E-state index in [-0.39, 0.29) is 43.8 Å². The first-order valence-electron chi connectivity index (χ1n) is 5.87. The summed E-state index contributed by atoms with van der Waals surface area (Å²) in [6.07, 6.45) is -0.589. The molecular formula is C14H20O4U. The van der Waals surface area contributed by atoms with Crippen LogP contribution in [0.1, 0.15) is 12.5 Å². The van der Waals surface area contributed by atoms with E-state index < -0.39 is 12.2 Å². The topological polar surface area (TPSA) is 58.9 Å². The maximum absolute atomic E-state index is 9.49. The van der Waals surface area contributed by atoms with E-state index in [4.69, 9.17) is 9.47 Å². The van der Waals surface area contributed by atoms with Crippen LogP contribution in [0.5, 0.6) is 0 Å². The number of hydrogen-bond donors (Lipinski definition) is 2. The third-order valence-corrected chi connectivity index (χ3v) is 2.49. The van der Waals surface area contributed by atoms with Crippen LogP contribution in [-0.4, -0.2) is 42.2 Å². The zero-order valence-electron chi connectivity index (χ0n) is 11.2. The van der Waals surface area contributed by atoms with Gasteiger partial charge in [0.25, 0.3) is 0 Å². The van der Waals surface area contributed by atoms with Gasteiger partial charge in [-0.05, 0) is 19.1 Å². The molecule has 3 atom stereocenters. The van der Waals surface area contributed by atoms with Crippen LogP contribution in [0.15, 0.2) is 30.3 Å². The summed E-state index contributed by atoms with van der Waals surface area (Å²) >= 11 is 0. The molecule has 0 fully saturated rings. The van der Waals surface area contributed by atoms with Gasteiger partial charge >= 0.3 is 31.1 Å². The van der Waals surface area contributed by atoms with Crippen LogP contribution >= 0.6 is 0 Å². The van der Waals surface area contributed by atoms with Crippen molar-refractivity contribution in [2.45, 2.75) is 25.2 Å². The minimum absolute atomic E-state index is 0. The van der Waals surface area contributed by atoms with E-state index in [9.17, 15) is 10.2 Å². The molecular weight excluding hydrogens is 470 g/mol. The smallest absolute Gasteiger partial charge is 0.422 e. The summed E-state index contributed by atoms with van der Waals surface area (Å²) in [5.41, 5.74) is 0.962. The number of rotatable bonds is 8. The van der Waals surface area contributed by atoms with Crippen molar-refractivity contribution < 1.29 is 50.8 Å². The van der Waals surface area contributed by atoms with Crippen molar-refractivity contribution >= 4 is 0 Å². The Labute approximate surface area is 138 Å². The summed E-state index contributed by atoms with van der Waals surface area (Å²) in [5, 5.41) is 18.7. The molecule has 2 N–H and O–H groups in total. The predicted molar refractivity (Wildman–Crippen MR) is 68.6 cm³/mol. The molecule has 0 radical (unpaired) electrons. The van der Waals surface area contributed by atoms with E-state index in [0.717, 1.165) is 5.56 Å². The van der Waals surface area contributed by atoms with E-state index in [0.29, 0.717) is 0 Å². The SMILES string of the molecule is COC([CH-]C(O)[C@@H](C)O)CO[CH-]c1ccccc1.[U+2]. The number of hydrogen-bond acceptors (Lipinski definition) is 4. The van der Waals surface area contributed by atoms with Crippen LogP contribution in [0, 0.1) is 44.1 Å². The van der Waals surface area contributed by atoms with E-state index in [1.54, 1.807) is 6.61 Å². The van der Waals surface area contributed by atoms with Gasteiger partial charge in [-0.3, -0.25) is 6.42 Å². The molecule has 0 spiro atoms. The molecule has 0 heterocycles. The van der Waals surface area contributed by atoms with Crippen LogP contribution in [0.25, 0.3) is 0 Å². The van der Waals surface area contributed by atoms with Gasteiger partial charge in [-0.2, -0.15) is 17.7 Å². The van der Waals surface area contributed by atoms with Gasteiger partial charge in [0, 0.05) is 19.8 Å². The van der Waals surface area contributed by atoms with Crippen LogP contribution < -0.4 is 0 Å². The Kier molecular flexibility index (Phi) is 10.7. The number of benzene rings is 1. The molecule has 2 unspecified atom stereocenters. The van der Waals surface area contributed by atoms with Crippen molar-refractivity contribution in [2.24, 2.45) is 0 Å². The molecule has 0 amide bonds. The van der Waals surface area contributed by atoms with Gasteiger partial charge in [-0.25, -0.2) is 0 Å². The molecule has 19 heavy (non-hydrogen) atoms. The Hall–Kier alpha value is -0.0181. The largest absolute Gasteiger partial charge is 2.00 e. The van der Waals surface area contributed by atoms with Crippen LogP contribution in [0.3, 0.4) is 0 Å². The third kappa shape index (κ3) is 7.99. The average molecular weight is 490 g/mol. The van der Waals surface area contributed by atoms with Crippen LogP contribution in [0.4, 0.5) is 0 Å². The van der Waals surface area contributed by atoms with Crippen molar-refractivity contribution in [1.82, 2.24) is 0 Å². The molecule has 1 aromatic rings. The van der Waals surface area contributed by atoms with Gasteiger partial charge in [0.05, 0.1) is 0 Å². The first kappa shape index (κ1) is 19.0. The third-order valence-electron chi connectivity index (χ3n) is 2.49. The van der Waals surface area contributed by atoms with Gasteiger partial charge in [0.1, 0.15) is 0 Å². The van der Waals surface area contributed by atoms with E-state index in [1.165, 1.54) is 20.5 Å². The number of aliphatic hydroxyl groups excluding tert-OH is 2. The minimum Gasteiger partial charge on any atom is -0.422 e. The fraction of sp³-hybridized carbons (Fsp3) is 0.429. The molecule has 1 rings (SSSR count). The summed E-state index contributed by atoms with van der Waals surface area (Å²) in [6, 6.07) is 9.63. The zero-order valence-corrected chi connectivity index (χ0v) is 15.4. The maximum Gasteiger partial charge on any atom is 2.00 e. The second-order valence-electron chi connectivity index (χ2n) is 4.06. The average Bonchev–Trinajstić information content (AvgIpc) is 2.38. The Bertz CT molecular complexity index is 318. The molecule has 5 heteroatoms. The summed E-state index contributed by atoms with van der Waals surface area (Å²) in [5.74, 6) is 0. The molecule has 0 saturated carbocycles. The quantitative estimate of drug-likeness (QED) is 0.538. The van der Waals surface area contributed by atoms with Gasteiger partial charge in [-0.1, -0.05) is 12.7 Å². The summed E-state index contributed by atoms with van der Waals surface area (Å²) < 4.78 is 10.5. The summed E-state index contributed by atoms with van der Waals surface area (Å²) in [7, 11) is 1.53. The van der Waals surface area contributed by atoms with Gasteiger partial charge < -0.3 is 19.7 Å². The first-order valence-corrected chi connectivity index (χ1v) is 5.87. The van der Waals surface area contributed by atoms with Crippen molar-refractivity contribution in [1.29, 1.82) is 0 Å². The Morgan fingerprint density at radius 1 is 1.21 bits per heavy atom. The van der Waals surface area contributed by atoms with E-state index in [1.807, 2.05) is 30.3 Å². The second-order valence-corrected chi connectivity index (χ2v) is 4.06. The fourth-order valence-electron chi connectivity index (χ4n) is 1.35.